The summed E-state index contributed by atoms with van der Waals surface area (Å²) in [5.74, 6) is -1.93. The number of aromatic nitrogens is 1. The Hall–Kier alpha value is -2.58. The van der Waals surface area contributed by atoms with Gasteiger partial charge in [-0.3, -0.25) is 9.59 Å². The molecule has 1 aromatic carbocycles. The van der Waals surface area contributed by atoms with E-state index in [1.807, 2.05) is 42.7 Å². The number of carboxylic acid groups (broad SMARTS) is 1. The average molecular weight is 453 g/mol. The molecule has 0 saturated carbocycles. The molecule has 2 heterocycles. The Balaban J connectivity index is 1.99. The third kappa shape index (κ3) is 3.63. The zero-order valence-electron chi connectivity index (χ0n) is 14.4. The van der Waals surface area contributed by atoms with Gasteiger partial charge in [-0.25, -0.2) is 9.69 Å². The number of hydrogen-bond acceptors (Lipinski definition) is 3. The van der Waals surface area contributed by atoms with Gasteiger partial charge >= 0.3 is 12.0 Å². The van der Waals surface area contributed by atoms with Crippen molar-refractivity contribution in [2.24, 2.45) is 0 Å². The van der Waals surface area contributed by atoms with Crippen molar-refractivity contribution in [1.82, 2.24) is 14.8 Å². The number of aryl methyl sites for hydroxylation is 1. The number of carbonyl (C=O) groups is 3. The summed E-state index contributed by atoms with van der Waals surface area (Å²) in [6, 6.07) is 6.70. The lowest BCUT2D eigenvalue weighted by Crippen LogP contribution is -2.35. The Bertz CT molecular complexity index is 1010. The van der Waals surface area contributed by atoms with Crippen LogP contribution < -0.4 is 5.32 Å². The Labute approximate surface area is 168 Å². The molecule has 0 spiro atoms. The topological polar surface area (TPSA) is 91.6 Å². The number of amides is 3. The van der Waals surface area contributed by atoms with Gasteiger partial charge in [0.15, 0.2) is 0 Å². The number of hydrogen-bond donors (Lipinski definition) is 2. The largest absolute Gasteiger partial charge is 0.480 e. The minimum atomic E-state index is -1.26. The number of rotatable bonds is 4. The van der Waals surface area contributed by atoms with E-state index >= 15 is 0 Å². The minimum absolute atomic E-state index is 0.0374. The summed E-state index contributed by atoms with van der Waals surface area (Å²) in [6.45, 7) is 3.11. The second kappa shape index (κ2) is 7.21. The van der Waals surface area contributed by atoms with Crippen LogP contribution in [0.2, 0.25) is 5.02 Å². The molecule has 1 fully saturated rings. The first kappa shape index (κ1) is 19.2. The molecular weight excluding hydrogens is 438 g/mol. The van der Waals surface area contributed by atoms with Crippen molar-refractivity contribution in [2.75, 3.05) is 6.54 Å². The van der Waals surface area contributed by atoms with Gasteiger partial charge in [-0.15, -0.1) is 0 Å². The standard InChI is InChI=1S/C18H15BrClN3O4/c1-9-5-11(6-15-17(26)22(8-16(24)25)18(27)21-15)10(2)23(9)12-3-4-13(19)14(20)7-12/h3-7H,8H2,1-2H3,(H,21,27)(H,24,25)/b15-6+. The lowest BCUT2D eigenvalue weighted by atomic mass is 10.2. The number of nitrogens with one attached hydrogen (secondary N) is 1. The maximum atomic E-state index is 12.3. The number of aliphatic carboxylic acids is 1. The predicted octanol–water partition coefficient (Wildman–Crippen LogP) is 3.49. The molecule has 140 valence electrons. The molecule has 27 heavy (non-hydrogen) atoms. The van der Waals surface area contributed by atoms with Crippen LogP contribution in [0.1, 0.15) is 17.0 Å². The molecule has 7 nitrogen and oxygen atoms in total. The first-order valence-electron chi connectivity index (χ1n) is 7.89. The van der Waals surface area contributed by atoms with Gasteiger partial charge in [-0.2, -0.15) is 0 Å². The van der Waals surface area contributed by atoms with E-state index < -0.39 is 24.5 Å². The van der Waals surface area contributed by atoms with Gasteiger partial charge in [0.1, 0.15) is 12.2 Å². The second-order valence-electron chi connectivity index (χ2n) is 6.03. The zero-order chi connectivity index (χ0) is 19.9. The van der Waals surface area contributed by atoms with Gasteiger partial charge in [0.25, 0.3) is 5.91 Å². The van der Waals surface area contributed by atoms with E-state index in [0.29, 0.717) is 9.92 Å². The molecule has 0 bridgehead atoms. The average Bonchev–Trinajstić information content (AvgIpc) is 3.01. The van der Waals surface area contributed by atoms with E-state index in [1.165, 1.54) is 0 Å². The smallest absolute Gasteiger partial charge is 0.329 e. The van der Waals surface area contributed by atoms with Crippen LogP contribution in [-0.2, 0) is 9.59 Å². The Morgan fingerprint density at radius 2 is 2.00 bits per heavy atom. The van der Waals surface area contributed by atoms with Crippen molar-refractivity contribution in [3.8, 4) is 5.69 Å². The maximum Gasteiger partial charge on any atom is 0.329 e. The number of urea groups is 1. The van der Waals surface area contributed by atoms with Crippen molar-refractivity contribution in [2.45, 2.75) is 13.8 Å². The highest BCUT2D eigenvalue weighted by atomic mass is 79.9. The van der Waals surface area contributed by atoms with Crippen LogP contribution >= 0.6 is 27.5 Å². The van der Waals surface area contributed by atoms with Crippen LogP contribution in [0.3, 0.4) is 0 Å². The molecule has 2 N–H and O–H groups in total. The molecule has 1 aliphatic rings. The van der Waals surface area contributed by atoms with Crippen molar-refractivity contribution in [1.29, 1.82) is 0 Å². The Morgan fingerprint density at radius 1 is 1.30 bits per heavy atom. The van der Waals surface area contributed by atoms with Crippen LogP contribution in [0.25, 0.3) is 11.8 Å². The molecule has 1 aromatic heterocycles. The third-order valence-electron chi connectivity index (χ3n) is 4.19. The SMILES string of the molecule is Cc1cc(/C=C2/NC(=O)N(CC(=O)O)C2=O)c(C)n1-c1ccc(Br)c(Cl)c1. The highest BCUT2D eigenvalue weighted by molar-refractivity contribution is 9.10. The van der Waals surface area contributed by atoms with Gasteiger partial charge in [0.2, 0.25) is 0 Å². The van der Waals surface area contributed by atoms with Gasteiger partial charge in [0, 0.05) is 21.5 Å². The van der Waals surface area contributed by atoms with Crippen LogP contribution in [0.5, 0.6) is 0 Å². The molecular formula is C18H15BrClN3O4. The first-order chi connectivity index (χ1) is 12.7. The van der Waals surface area contributed by atoms with E-state index in [9.17, 15) is 14.4 Å². The summed E-state index contributed by atoms with van der Waals surface area (Å²) in [5, 5.41) is 11.8. The molecule has 2 aromatic rings. The number of carboxylic acids is 1. The highest BCUT2D eigenvalue weighted by Gasteiger charge is 2.35. The van der Waals surface area contributed by atoms with Crippen molar-refractivity contribution in [3.63, 3.8) is 0 Å². The van der Waals surface area contributed by atoms with Crippen molar-refractivity contribution >= 4 is 51.5 Å². The molecule has 9 heteroatoms. The minimum Gasteiger partial charge on any atom is -0.480 e. The predicted molar refractivity (Wildman–Crippen MR) is 104 cm³/mol. The Kier molecular flexibility index (Phi) is 5.12. The van der Waals surface area contributed by atoms with E-state index in [4.69, 9.17) is 16.7 Å². The third-order valence-corrected chi connectivity index (χ3v) is 5.42. The van der Waals surface area contributed by atoms with Gasteiger partial charge in [-0.05, 0) is 65.7 Å². The number of imide groups is 1. The van der Waals surface area contributed by atoms with Crippen LogP contribution in [0.15, 0.2) is 34.4 Å². The molecule has 1 aliphatic heterocycles. The monoisotopic (exact) mass is 451 g/mol. The lowest BCUT2D eigenvalue weighted by molar-refractivity contribution is -0.140. The van der Waals surface area contributed by atoms with E-state index in [2.05, 4.69) is 21.2 Å². The number of carbonyl (C=O) groups excluding carboxylic acids is 2. The summed E-state index contributed by atoms with van der Waals surface area (Å²) in [4.78, 5) is 35.6. The van der Waals surface area contributed by atoms with Crippen LogP contribution in [-0.4, -0.2) is 39.0 Å². The zero-order valence-corrected chi connectivity index (χ0v) is 16.8. The normalized spacial score (nSPS) is 15.6. The fourth-order valence-electron chi connectivity index (χ4n) is 2.96. The summed E-state index contributed by atoms with van der Waals surface area (Å²) in [6.07, 6.45) is 1.54. The molecule has 0 unspecified atom stereocenters. The van der Waals surface area contributed by atoms with Crippen molar-refractivity contribution < 1.29 is 19.5 Å². The van der Waals surface area contributed by atoms with Crippen molar-refractivity contribution in [3.05, 3.63) is 56.4 Å². The number of benzene rings is 1. The number of halogens is 2. The van der Waals surface area contributed by atoms with Gasteiger partial charge < -0.3 is 15.0 Å². The number of nitrogens with zero attached hydrogens (tertiary/aromatic N) is 2. The summed E-state index contributed by atoms with van der Waals surface area (Å²) in [7, 11) is 0. The molecule has 0 atom stereocenters. The summed E-state index contributed by atoms with van der Waals surface area (Å²) in [5.41, 5.74) is 3.38. The van der Waals surface area contributed by atoms with E-state index in [1.54, 1.807) is 6.08 Å². The maximum absolute atomic E-state index is 12.3. The second-order valence-corrected chi connectivity index (χ2v) is 7.30. The van der Waals surface area contributed by atoms with Crippen LogP contribution in [0.4, 0.5) is 4.79 Å². The fraction of sp³-hybridized carbons (Fsp3) is 0.167. The quantitative estimate of drug-likeness (QED) is 0.549. The Morgan fingerprint density at radius 3 is 2.63 bits per heavy atom. The molecule has 3 rings (SSSR count). The van der Waals surface area contributed by atoms with Crippen LogP contribution in [0, 0.1) is 13.8 Å². The lowest BCUT2D eigenvalue weighted by Gasteiger charge is -2.11. The van der Waals surface area contributed by atoms with Gasteiger partial charge in [0.05, 0.1) is 5.02 Å². The first-order valence-corrected chi connectivity index (χ1v) is 9.07. The van der Waals surface area contributed by atoms with E-state index in [0.717, 1.165) is 27.1 Å². The summed E-state index contributed by atoms with van der Waals surface area (Å²) < 4.78 is 2.76. The molecule has 3 amide bonds. The summed E-state index contributed by atoms with van der Waals surface area (Å²) >= 11 is 9.55. The molecule has 0 aliphatic carbocycles. The van der Waals surface area contributed by atoms with E-state index in [-0.39, 0.29) is 5.70 Å². The van der Waals surface area contributed by atoms with Gasteiger partial charge in [-0.1, -0.05) is 11.6 Å². The molecule has 0 radical (unpaired) electrons. The molecule has 1 saturated heterocycles. The highest BCUT2D eigenvalue weighted by Crippen LogP contribution is 2.29. The fourth-order valence-corrected chi connectivity index (χ4v) is 3.38.